The molecule has 8 heteroatoms. The largest absolute Gasteiger partial charge is 0.366 e. The summed E-state index contributed by atoms with van der Waals surface area (Å²) in [5, 5.41) is 0. The summed E-state index contributed by atoms with van der Waals surface area (Å²) in [6.45, 7) is 0.611. The van der Waals surface area contributed by atoms with Gasteiger partial charge in [-0.3, -0.25) is 4.79 Å². The summed E-state index contributed by atoms with van der Waals surface area (Å²) >= 11 is 3.18. The molecule has 118 valence electrons. The highest BCUT2D eigenvalue weighted by atomic mass is 32.2. The van der Waals surface area contributed by atoms with E-state index in [0.717, 1.165) is 20.4 Å². The predicted molar refractivity (Wildman–Crippen MR) is 94.1 cm³/mol. The molecular formula is C15H15N5OS2. The molecule has 0 radical (unpaired) electrons. The third-order valence-corrected chi connectivity index (χ3v) is 5.35. The van der Waals surface area contributed by atoms with Gasteiger partial charge in [0.25, 0.3) is 0 Å². The molecule has 1 amide bonds. The van der Waals surface area contributed by atoms with Gasteiger partial charge in [0.15, 0.2) is 15.8 Å². The molecule has 0 aliphatic carbocycles. The molecule has 23 heavy (non-hydrogen) atoms. The zero-order chi connectivity index (χ0) is 16.4. The van der Waals surface area contributed by atoms with E-state index in [1.807, 2.05) is 30.3 Å². The Morgan fingerprint density at radius 1 is 1.39 bits per heavy atom. The first kappa shape index (κ1) is 15.7. The average molecular weight is 345 g/mol. The van der Waals surface area contributed by atoms with Crippen LogP contribution in [0.1, 0.15) is 15.9 Å². The second kappa shape index (κ2) is 6.51. The lowest BCUT2D eigenvalue weighted by molar-refractivity contribution is 0.1000. The molecule has 1 aromatic carbocycles. The zero-order valence-corrected chi connectivity index (χ0v) is 14.3. The van der Waals surface area contributed by atoms with E-state index in [-0.39, 0.29) is 0 Å². The summed E-state index contributed by atoms with van der Waals surface area (Å²) in [5.41, 5.74) is 7.54. The van der Waals surface area contributed by atoms with Crippen LogP contribution < -0.4 is 10.6 Å². The first-order chi connectivity index (χ1) is 11.1. The van der Waals surface area contributed by atoms with Gasteiger partial charge in [-0.1, -0.05) is 23.9 Å². The number of carbonyl (C=O) groups is 1. The second-order valence-corrected chi connectivity index (χ2v) is 7.01. The molecule has 2 heterocycles. The Morgan fingerprint density at radius 2 is 2.22 bits per heavy atom. The molecule has 0 aliphatic heterocycles. The van der Waals surface area contributed by atoms with Crippen molar-refractivity contribution in [3.63, 3.8) is 0 Å². The predicted octanol–water partition coefficient (Wildman–Crippen LogP) is 2.54. The molecule has 0 bridgehead atoms. The van der Waals surface area contributed by atoms with Crippen LogP contribution in [0.5, 0.6) is 0 Å². The minimum atomic E-state index is -0.425. The lowest BCUT2D eigenvalue weighted by Crippen LogP contribution is -2.18. The maximum atomic E-state index is 11.3. The van der Waals surface area contributed by atoms with Crippen molar-refractivity contribution in [2.24, 2.45) is 5.73 Å². The monoisotopic (exact) mass is 345 g/mol. The van der Waals surface area contributed by atoms with Gasteiger partial charge in [-0.05, 0) is 24.0 Å². The van der Waals surface area contributed by atoms with Gasteiger partial charge in [0.2, 0.25) is 5.91 Å². The first-order valence-electron chi connectivity index (χ1n) is 6.84. The van der Waals surface area contributed by atoms with Crippen molar-refractivity contribution in [3.05, 3.63) is 41.7 Å². The molecule has 2 N–H and O–H groups in total. The van der Waals surface area contributed by atoms with E-state index in [4.69, 9.17) is 5.73 Å². The smallest absolute Gasteiger partial charge is 0.248 e. The second-order valence-electron chi connectivity index (χ2n) is 4.95. The Labute approximate surface area is 141 Å². The maximum Gasteiger partial charge on any atom is 0.248 e. The number of aromatic nitrogens is 3. The Kier molecular flexibility index (Phi) is 4.44. The van der Waals surface area contributed by atoms with Crippen molar-refractivity contribution in [2.75, 3.05) is 18.2 Å². The average Bonchev–Trinajstić information content (AvgIpc) is 2.98. The summed E-state index contributed by atoms with van der Waals surface area (Å²) in [7, 11) is 1.96. The van der Waals surface area contributed by atoms with Crippen LogP contribution in [0, 0.1) is 0 Å². The highest BCUT2D eigenvalue weighted by Crippen LogP contribution is 2.32. The summed E-state index contributed by atoms with van der Waals surface area (Å²) in [6, 6.07) is 7.30. The van der Waals surface area contributed by atoms with Crippen molar-refractivity contribution in [1.29, 1.82) is 0 Å². The summed E-state index contributed by atoms with van der Waals surface area (Å²) in [6.07, 6.45) is 3.52. The molecule has 0 saturated heterocycles. The van der Waals surface area contributed by atoms with Crippen molar-refractivity contribution < 1.29 is 4.79 Å². The number of benzene rings is 1. The van der Waals surface area contributed by atoms with Gasteiger partial charge in [-0.2, -0.15) is 0 Å². The Bertz CT molecular complexity index is 864. The molecule has 6 nitrogen and oxygen atoms in total. The summed E-state index contributed by atoms with van der Waals surface area (Å²) in [5.74, 6) is 0.406. The van der Waals surface area contributed by atoms with E-state index < -0.39 is 5.91 Å². The van der Waals surface area contributed by atoms with E-state index in [1.165, 1.54) is 6.33 Å². The number of primary amides is 1. The fraction of sp³-hybridized carbons (Fsp3) is 0.200. The normalized spacial score (nSPS) is 10.9. The van der Waals surface area contributed by atoms with E-state index in [9.17, 15) is 4.79 Å². The van der Waals surface area contributed by atoms with E-state index >= 15 is 0 Å². The van der Waals surface area contributed by atoms with Gasteiger partial charge >= 0.3 is 0 Å². The van der Waals surface area contributed by atoms with Crippen LogP contribution in [-0.4, -0.2) is 34.2 Å². The molecule has 3 rings (SSSR count). The Hall–Kier alpha value is -2.19. The van der Waals surface area contributed by atoms with Gasteiger partial charge in [0.1, 0.15) is 11.0 Å². The van der Waals surface area contributed by atoms with Gasteiger partial charge < -0.3 is 10.6 Å². The molecule has 0 spiro atoms. The minimum absolute atomic E-state index is 0.425. The number of hydrogen-bond acceptors (Lipinski definition) is 7. The van der Waals surface area contributed by atoms with Crippen LogP contribution in [0.4, 0.5) is 5.82 Å². The van der Waals surface area contributed by atoms with Crippen molar-refractivity contribution in [2.45, 2.75) is 10.9 Å². The summed E-state index contributed by atoms with van der Waals surface area (Å²) in [4.78, 5) is 26.4. The van der Waals surface area contributed by atoms with Crippen LogP contribution in [0.15, 0.2) is 34.9 Å². The molecule has 0 unspecified atom stereocenters. The zero-order valence-electron chi connectivity index (χ0n) is 12.7. The molecular weight excluding hydrogens is 330 g/mol. The molecule has 0 saturated carbocycles. The van der Waals surface area contributed by atoms with Crippen molar-refractivity contribution >= 4 is 45.2 Å². The minimum Gasteiger partial charge on any atom is -0.366 e. The van der Waals surface area contributed by atoms with Crippen LogP contribution in [0.25, 0.3) is 10.3 Å². The topological polar surface area (TPSA) is 85.0 Å². The SMILES string of the molecule is CSc1nc2ncnc(N(C)Cc3cccc(C(N)=O)c3)c2s1. The fourth-order valence-corrected chi connectivity index (χ4v) is 3.81. The molecule has 0 fully saturated rings. The van der Waals surface area contributed by atoms with Gasteiger partial charge in [-0.25, -0.2) is 15.0 Å². The van der Waals surface area contributed by atoms with Crippen LogP contribution in [-0.2, 0) is 6.54 Å². The third kappa shape index (κ3) is 3.27. The number of fused-ring (bicyclic) bond motifs is 1. The molecule has 0 aliphatic rings. The van der Waals surface area contributed by atoms with Crippen LogP contribution in [0.3, 0.4) is 0 Å². The molecule has 0 atom stereocenters. The first-order valence-corrected chi connectivity index (χ1v) is 8.88. The summed E-state index contributed by atoms with van der Waals surface area (Å²) < 4.78 is 1.93. The lowest BCUT2D eigenvalue weighted by Gasteiger charge is -2.18. The number of rotatable bonds is 5. The van der Waals surface area contributed by atoms with Gasteiger partial charge in [0.05, 0.1) is 0 Å². The van der Waals surface area contributed by atoms with Crippen molar-refractivity contribution in [1.82, 2.24) is 15.0 Å². The number of nitrogens with two attached hydrogens (primary N) is 1. The van der Waals surface area contributed by atoms with E-state index in [2.05, 4.69) is 15.0 Å². The maximum absolute atomic E-state index is 11.3. The number of hydrogen-bond donors (Lipinski definition) is 1. The number of nitrogens with zero attached hydrogens (tertiary/aromatic N) is 4. The van der Waals surface area contributed by atoms with Crippen LogP contribution >= 0.6 is 23.1 Å². The Balaban J connectivity index is 1.91. The van der Waals surface area contributed by atoms with E-state index in [1.54, 1.807) is 35.2 Å². The lowest BCUT2D eigenvalue weighted by atomic mass is 10.1. The Morgan fingerprint density at radius 3 is 2.96 bits per heavy atom. The van der Waals surface area contributed by atoms with Gasteiger partial charge in [0, 0.05) is 19.2 Å². The molecule has 3 aromatic rings. The number of amides is 1. The van der Waals surface area contributed by atoms with E-state index in [0.29, 0.717) is 17.8 Å². The standard InChI is InChI=1S/C15H15N5OS2/c1-20(7-9-4-3-5-10(6-9)12(16)21)14-11-13(17-8-18-14)19-15(22-2)23-11/h3-6,8H,7H2,1-2H3,(H2,16,21). The molecule has 2 aromatic heterocycles. The van der Waals surface area contributed by atoms with Crippen molar-refractivity contribution in [3.8, 4) is 0 Å². The number of thioether (sulfide) groups is 1. The third-order valence-electron chi connectivity index (χ3n) is 3.32. The van der Waals surface area contributed by atoms with Crippen LogP contribution in [0.2, 0.25) is 0 Å². The number of thiazole rings is 1. The highest BCUT2D eigenvalue weighted by Gasteiger charge is 2.14. The highest BCUT2D eigenvalue weighted by molar-refractivity contribution is 8.00. The quantitative estimate of drug-likeness (QED) is 0.715. The number of anilines is 1. The van der Waals surface area contributed by atoms with Gasteiger partial charge in [-0.15, -0.1) is 11.3 Å². The number of carbonyl (C=O) groups excluding carboxylic acids is 1. The fourth-order valence-electron chi connectivity index (χ4n) is 2.25.